The largest absolute Gasteiger partial charge is 0.338 e. The van der Waals surface area contributed by atoms with Crippen LogP contribution in [0.25, 0.3) is 0 Å². The van der Waals surface area contributed by atoms with Gasteiger partial charge in [0, 0.05) is 19.0 Å². The first kappa shape index (κ1) is 12.2. The van der Waals surface area contributed by atoms with Gasteiger partial charge in [-0.25, -0.2) is 0 Å². The molecule has 88 valence electrons. The molecule has 2 nitrogen and oxygen atoms in total. The second-order valence-electron chi connectivity index (χ2n) is 4.12. The molecule has 1 aromatic rings. The Kier molecular flexibility index (Phi) is 3.77. The number of halogens is 2. The molecule has 1 aromatic heterocycles. The van der Waals surface area contributed by atoms with Gasteiger partial charge in [-0.2, -0.15) is 0 Å². The third kappa shape index (κ3) is 2.22. The van der Waals surface area contributed by atoms with Crippen LogP contribution in [0.1, 0.15) is 21.7 Å². The van der Waals surface area contributed by atoms with Crippen molar-refractivity contribution in [2.24, 2.45) is 5.92 Å². The lowest BCUT2D eigenvalue weighted by molar-refractivity contribution is 0.0793. The monoisotopic (exact) mass is 277 g/mol. The summed E-state index contributed by atoms with van der Waals surface area (Å²) in [6, 6.07) is 0. The first-order valence-electron chi connectivity index (χ1n) is 5.22. The van der Waals surface area contributed by atoms with E-state index in [0.717, 1.165) is 25.1 Å². The number of nitrogens with zero attached hydrogens (tertiary/aromatic N) is 1. The van der Waals surface area contributed by atoms with Gasteiger partial charge < -0.3 is 4.90 Å². The highest BCUT2D eigenvalue weighted by Gasteiger charge is 2.28. The van der Waals surface area contributed by atoms with Crippen molar-refractivity contribution in [2.45, 2.75) is 13.3 Å². The number of likely N-dealkylation sites (tertiary alicyclic amines) is 1. The van der Waals surface area contributed by atoms with Crippen molar-refractivity contribution in [1.82, 2.24) is 4.90 Å². The maximum absolute atomic E-state index is 12.2. The fourth-order valence-corrected chi connectivity index (χ4v) is 3.35. The van der Waals surface area contributed by atoms with Crippen LogP contribution in [0.5, 0.6) is 0 Å². The average Bonchev–Trinajstić information content (AvgIpc) is 2.87. The van der Waals surface area contributed by atoms with E-state index < -0.39 is 0 Å². The summed E-state index contributed by atoms with van der Waals surface area (Å²) >= 11 is 13.3. The van der Waals surface area contributed by atoms with E-state index in [1.54, 1.807) is 0 Å². The number of alkyl halides is 1. The Morgan fingerprint density at radius 3 is 2.94 bits per heavy atom. The lowest BCUT2D eigenvalue weighted by Crippen LogP contribution is -2.28. The summed E-state index contributed by atoms with van der Waals surface area (Å²) < 4.78 is 0. The van der Waals surface area contributed by atoms with Gasteiger partial charge in [0.25, 0.3) is 5.91 Å². The SMILES string of the molecule is Cc1csc(C(=O)N2CCC(CCl)C2)c1Cl. The molecule has 1 unspecified atom stereocenters. The second-order valence-corrected chi connectivity index (χ2v) is 5.69. The molecule has 0 radical (unpaired) electrons. The zero-order valence-electron chi connectivity index (χ0n) is 9.00. The summed E-state index contributed by atoms with van der Waals surface area (Å²) in [5.74, 6) is 1.11. The van der Waals surface area contributed by atoms with E-state index in [1.165, 1.54) is 11.3 Å². The summed E-state index contributed by atoms with van der Waals surface area (Å²) in [6.07, 6.45) is 0.997. The maximum atomic E-state index is 12.2. The van der Waals surface area contributed by atoms with Gasteiger partial charge in [0.2, 0.25) is 0 Å². The number of hydrogen-bond acceptors (Lipinski definition) is 2. The van der Waals surface area contributed by atoms with Crippen LogP contribution in [0.15, 0.2) is 5.38 Å². The summed E-state index contributed by atoms with van der Waals surface area (Å²) in [7, 11) is 0. The highest BCUT2D eigenvalue weighted by molar-refractivity contribution is 7.13. The Hall–Kier alpha value is -0.250. The molecular formula is C11H13Cl2NOS. The van der Waals surface area contributed by atoms with Crippen LogP contribution in [0.4, 0.5) is 0 Å². The Bertz CT molecular complexity index is 405. The van der Waals surface area contributed by atoms with E-state index >= 15 is 0 Å². The van der Waals surface area contributed by atoms with Gasteiger partial charge in [-0.05, 0) is 30.2 Å². The number of amides is 1. The van der Waals surface area contributed by atoms with Crippen molar-refractivity contribution in [2.75, 3.05) is 19.0 Å². The summed E-state index contributed by atoms with van der Waals surface area (Å²) in [4.78, 5) is 14.7. The van der Waals surface area contributed by atoms with E-state index in [4.69, 9.17) is 23.2 Å². The highest BCUT2D eigenvalue weighted by Crippen LogP contribution is 2.30. The van der Waals surface area contributed by atoms with Crippen LogP contribution < -0.4 is 0 Å². The van der Waals surface area contributed by atoms with Gasteiger partial charge in [-0.15, -0.1) is 22.9 Å². The molecule has 1 atom stereocenters. The van der Waals surface area contributed by atoms with E-state index in [1.807, 2.05) is 17.2 Å². The fourth-order valence-electron chi connectivity index (χ4n) is 1.86. The topological polar surface area (TPSA) is 20.3 Å². The molecule has 2 heterocycles. The van der Waals surface area contributed by atoms with E-state index in [9.17, 15) is 4.79 Å². The third-order valence-corrected chi connectivity index (χ3v) is 5.01. The Morgan fingerprint density at radius 1 is 1.69 bits per heavy atom. The average molecular weight is 278 g/mol. The second kappa shape index (κ2) is 4.94. The maximum Gasteiger partial charge on any atom is 0.265 e. The smallest absolute Gasteiger partial charge is 0.265 e. The Balaban J connectivity index is 2.12. The van der Waals surface area contributed by atoms with Crippen LogP contribution >= 0.6 is 34.5 Å². The van der Waals surface area contributed by atoms with Gasteiger partial charge in [0.1, 0.15) is 4.88 Å². The predicted molar refractivity (Wildman–Crippen MR) is 68.8 cm³/mol. The number of hydrogen-bond donors (Lipinski definition) is 0. The van der Waals surface area contributed by atoms with Gasteiger partial charge >= 0.3 is 0 Å². The first-order chi connectivity index (χ1) is 7.63. The van der Waals surface area contributed by atoms with Crippen molar-refractivity contribution >= 4 is 40.4 Å². The van der Waals surface area contributed by atoms with Crippen molar-refractivity contribution in [1.29, 1.82) is 0 Å². The quantitative estimate of drug-likeness (QED) is 0.759. The number of thiophene rings is 1. The summed E-state index contributed by atoms with van der Waals surface area (Å²) in [6.45, 7) is 3.47. The van der Waals surface area contributed by atoms with Gasteiger partial charge in [-0.1, -0.05) is 11.6 Å². The molecule has 2 rings (SSSR count). The zero-order chi connectivity index (χ0) is 11.7. The van der Waals surface area contributed by atoms with Crippen LogP contribution in [0, 0.1) is 12.8 Å². The minimum Gasteiger partial charge on any atom is -0.338 e. The molecule has 0 saturated carbocycles. The summed E-state index contributed by atoms with van der Waals surface area (Å²) in [5, 5.41) is 2.52. The minimum absolute atomic E-state index is 0.0516. The Morgan fingerprint density at radius 2 is 2.44 bits per heavy atom. The molecule has 1 saturated heterocycles. The molecule has 16 heavy (non-hydrogen) atoms. The molecular weight excluding hydrogens is 265 g/mol. The van der Waals surface area contributed by atoms with Crippen molar-refractivity contribution in [3.63, 3.8) is 0 Å². The van der Waals surface area contributed by atoms with Crippen molar-refractivity contribution in [3.05, 3.63) is 20.8 Å². The molecule has 1 aliphatic rings. The van der Waals surface area contributed by atoms with E-state index in [-0.39, 0.29) is 5.91 Å². The van der Waals surface area contributed by atoms with Gasteiger partial charge in [0.15, 0.2) is 0 Å². The summed E-state index contributed by atoms with van der Waals surface area (Å²) in [5.41, 5.74) is 0.975. The zero-order valence-corrected chi connectivity index (χ0v) is 11.3. The minimum atomic E-state index is 0.0516. The molecule has 1 amide bonds. The van der Waals surface area contributed by atoms with Crippen LogP contribution in [-0.2, 0) is 0 Å². The number of rotatable bonds is 2. The fraction of sp³-hybridized carbons (Fsp3) is 0.545. The molecule has 0 aromatic carbocycles. The van der Waals surface area contributed by atoms with Crippen molar-refractivity contribution in [3.8, 4) is 0 Å². The predicted octanol–water partition coefficient (Wildman–Crippen LogP) is 3.41. The normalized spacial score (nSPS) is 20.4. The van der Waals surface area contributed by atoms with Gasteiger partial charge in [0.05, 0.1) is 5.02 Å². The standard InChI is InChI=1S/C11H13Cl2NOS/c1-7-6-16-10(9(7)13)11(15)14-3-2-8(4-12)5-14/h6,8H,2-5H2,1H3. The van der Waals surface area contributed by atoms with Gasteiger partial charge in [-0.3, -0.25) is 4.79 Å². The molecule has 0 spiro atoms. The number of aryl methyl sites for hydroxylation is 1. The first-order valence-corrected chi connectivity index (χ1v) is 7.01. The van der Waals surface area contributed by atoms with E-state index in [0.29, 0.717) is 21.7 Å². The van der Waals surface area contributed by atoms with E-state index in [2.05, 4.69) is 0 Å². The molecule has 0 N–H and O–H groups in total. The third-order valence-electron chi connectivity index (χ3n) is 2.88. The van der Waals surface area contributed by atoms with Crippen LogP contribution in [-0.4, -0.2) is 29.8 Å². The molecule has 1 aliphatic heterocycles. The lowest BCUT2D eigenvalue weighted by atomic mass is 10.2. The van der Waals surface area contributed by atoms with Crippen LogP contribution in [0.2, 0.25) is 5.02 Å². The van der Waals surface area contributed by atoms with Crippen LogP contribution in [0.3, 0.4) is 0 Å². The molecule has 0 aliphatic carbocycles. The number of carbonyl (C=O) groups is 1. The highest BCUT2D eigenvalue weighted by atomic mass is 35.5. The molecule has 0 bridgehead atoms. The lowest BCUT2D eigenvalue weighted by Gasteiger charge is -2.15. The Labute approximate surface area is 109 Å². The molecule has 5 heteroatoms. The molecule has 1 fully saturated rings. The number of carbonyl (C=O) groups excluding carboxylic acids is 1. The van der Waals surface area contributed by atoms with Crippen molar-refractivity contribution < 1.29 is 4.79 Å².